The fraction of sp³-hybridized carbons (Fsp3) is 0.429. The number of halogens is 2. The Kier molecular flexibility index (Phi) is 8.94. The topological polar surface area (TPSA) is 67.8 Å². The Balaban J connectivity index is 0.00000300. The molecule has 2 aromatic rings. The van der Waals surface area contributed by atoms with E-state index in [4.69, 9.17) is 9.47 Å². The van der Waals surface area contributed by atoms with Crippen molar-refractivity contribution in [1.82, 2.24) is 15.6 Å². The summed E-state index contributed by atoms with van der Waals surface area (Å²) in [6.07, 6.45) is 4.06. The number of rotatable bonds is 8. The molecule has 0 bridgehead atoms. The van der Waals surface area contributed by atoms with Crippen molar-refractivity contribution in [2.45, 2.75) is 32.4 Å². The first-order valence-electron chi connectivity index (χ1n) is 9.47. The van der Waals surface area contributed by atoms with Crippen LogP contribution in [0.4, 0.5) is 4.39 Å². The Morgan fingerprint density at radius 2 is 2.10 bits per heavy atom. The SMILES string of the molecule is CN=C(NCc1ccnc(OC)c1)NC(C)c1ccc(OCC2CC2)c(F)c1.I. The van der Waals surface area contributed by atoms with Crippen molar-refractivity contribution < 1.29 is 13.9 Å². The van der Waals surface area contributed by atoms with Gasteiger partial charge in [0.15, 0.2) is 17.5 Å². The van der Waals surface area contributed by atoms with Gasteiger partial charge in [0.2, 0.25) is 5.88 Å². The van der Waals surface area contributed by atoms with Crippen LogP contribution in [0.5, 0.6) is 11.6 Å². The minimum Gasteiger partial charge on any atom is -0.490 e. The number of hydrogen-bond acceptors (Lipinski definition) is 4. The molecule has 1 aromatic carbocycles. The Hall–Kier alpha value is -2.10. The Bertz CT molecular complexity index is 830. The van der Waals surface area contributed by atoms with Crippen molar-refractivity contribution in [2.75, 3.05) is 20.8 Å². The summed E-state index contributed by atoms with van der Waals surface area (Å²) in [5.41, 5.74) is 1.84. The number of benzene rings is 1. The summed E-state index contributed by atoms with van der Waals surface area (Å²) in [5, 5.41) is 6.51. The molecule has 0 amide bonds. The van der Waals surface area contributed by atoms with Crippen LogP contribution < -0.4 is 20.1 Å². The average molecular weight is 514 g/mol. The first-order valence-corrected chi connectivity index (χ1v) is 9.47. The second kappa shape index (κ2) is 11.2. The van der Waals surface area contributed by atoms with Gasteiger partial charge in [-0.15, -0.1) is 24.0 Å². The van der Waals surface area contributed by atoms with E-state index in [1.807, 2.05) is 25.1 Å². The van der Waals surface area contributed by atoms with Gasteiger partial charge in [-0.2, -0.15) is 0 Å². The molecule has 8 heteroatoms. The molecule has 6 nitrogen and oxygen atoms in total. The lowest BCUT2D eigenvalue weighted by Crippen LogP contribution is -2.38. The number of methoxy groups -OCH3 is 1. The zero-order chi connectivity index (χ0) is 19.9. The van der Waals surface area contributed by atoms with Crippen LogP contribution in [-0.2, 0) is 6.54 Å². The van der Waals surface area contributed by atoms with Crippen LogP contribution in [0, 0.1) is 11.7 Å². The lowest BCUT2D eigenvalue weighted by molar-refractivity contribution is 0.285. The summed E-state index contributed by atoms with van der Waals surface area (Å²) in [7, 11) is 3.29. The summed E-state index contributed by atoms with van der Waals surface area (Å²) in [6, 6.07) is 8.74. The number of aliphatic imine (C=N–C) groups is 1. The van der Waals surface area contributed by atoms with Crippen molar-refractivity contribution >= 4 is 29.9 Å². The largest absolute Gasteiger partial charge is 0.490 e. The third-order valence-corrected chi connectivity index (χ3v) is 4.67. The first kappa shape index (κ1) is 23.2. The van der Waals surface area contributed by atoms with Crippen LogP contribution in [0.15, 0.2) is 41.5 Å². The molecule has 1 fully saturated rings. The highest BCUT2D eigenvalue weighted by Crippen LogP contribution is 2.30. The zero-order valence-corrected chi connectivity index (χ0v) is 19.3. The molecule has 3 rings (SSSR count). The lowest BCUT2D eigenvalue weighted by atomic mass is 10.1. The normalized spacial score (nSPS) is 14.6. The molecule has 1 aromatic heterocycles. The van der Waals surface area contributed by atoms with E-state index in [2.05, 4.69) is 20.6 Å². The van der Waals surface area contributed by atoms with Crippen molar-refractivity contribution in [2.24, 2.45) is 10.9 Å². The maximum absolute atomic E-state index is 14.3. The van der Waals surface area contributed by atoms with Gasteiger partial charge in [0.25, 0.3) is 0 Å². The lowest BCUT2D eigenvalue weighted by Gasteiger charge is -2.19. The van der Waals surface area contributed by atoms with Gasteiger partial charge >= 0.3 is 0 Å². The van der Waals surface area contributed by atoms with Crippen molar-refractivity contribution in [3.63, 3.8) is 0 Å². The molecule has 158 valence electrons. The Morgan fingerprint density at radius 1 is 1.31 bits per heavy atom. The van der Waals surface area contributed by atoms with E-state index >= 15 is 0 Å². The fourth-order valence-corrected chi connectivity index (χ4v) is 2.74. The molecule has 2 N–H and O–H groups in total. The molecule has 0 spiro atoms. The molecular weight excluding hydrogens is 486 g/mol. The predicted octanol–water partition coefficient (Wildman–Crippen LogP) is 4.06. The summed E-state index contributed by atoms with van der Waals surface area (Å²) in [5.74, 6) is 1.76. The van der Waals surface area contributed by atoms with Gasteiger partial charge in [-0.05, 0) is 55.0 Å². The van der Waals surface area contributed by atoms with Gasteiger partial charge in [0.1, 0.15) is 0 Å². The molecule has 1 saturated carbocycles. The van der Waals surface area contributed by atoms with E-state index in [1.54, 1.807) is 26.4 Å². The van der Waals surface area contributed by atoms with Gasteiger partial charge in [-0.1, -0.05) is 6.07 Å². The predicted molar refractivity (Wildman–Crippen MR) is 123 cm³/mol. The van der Waals surface area contributed by atoms with Gasteiger partial charge in [-0.25, -0.2) is 9.37 Å². The zero-order valence-electron chi connectivity index (χ0n) is 16.9. The van der Waals surface area contributed by atoms with E-state index < -0.39 is 0 Å². The highest BCUT2D eigenvalue weighted by molar-refractivity contribution is 14.0. The number of nitrogens with one attached hydrogen (secondary N) is 2. The minimum absolute atomic E-state index is 0. The molecule has 0 aliphatic heterocycles. The van der Waals surface area contributed by atoms with Gasteiger partial charge in [0, 0.05) is 25.9 Å². The maximum Gasteiger partial charge on any atom is 0.213 e. The van der Waals surface area contributed by atoms with Crippen molar-refractivity contribution in [1.29, 1.82) is 0 Å². The molecule has 1 aliphatic rings. The molecule has 0 radical (unpaired) electrons. The number of ether oxygens (including phenoxy) is 2. The van der Waals surface area contributed by atoms with E-state index in [-0.39, 0.29) is 35.8 Å². The molecule has 1 aliphatic carbocycles. The van der Waals surface area contributed by atoms with E-state index in [0.29, 0.717) is 36.7 Å². The quantitative estimate of drug-likeness (QED) is 0.316. The maximum atomic E-state index is 14.3. The summed E-state index contributed by atoms with van der Waals surface area (Å²) in [6.45, 7) is 3.12. The summed E-state index contributed by atoms with van der Waals surface area (Å²) < 4.78 is 25.0. The molecule has 1 heterocycles. The number of guanidine groups is 1. The van der Waals surface area contributed by atoms with Crippen LogP contribution >= 0.6 is 24.0 Å². The highest BCUT2D eigenvalue weighted by Gasteiger charge is 2.22. The standard InChI is InChI=1S/C21H27FN4O2.HI/c1-14(17-6-7-19(18(22)11-17)28-13-15-4-5-15)26-21(23-2)25-12-16-8-9-24-20(10-16)27-3;/h6-11,14-15H,4-5,12-13H2,1-3H3,(H2,23,25,26);1H. The third-order valence-electron chi connectivity index (χ3n) is 4.67. The molecule has 1 unspecified atom stereocenters. The average Bonchev–Trinajstić information content (AvgIpc) is 3.54. The number of pyridine rings is 1. The van der Waals surface area contributed by atoms with Crippen LogP contribution in [0.1, 0.15) is 36.9 Å². The monoisotopic (exact) mass is 514 g/mol. The Labute approximate surface area is 188 Å². The smallest absolute Gasteiger partial charge is 0.213 e. The molecule has 29 heavy (non-hydrogen) atoms. The van der Waals surface area contributed by atoms with E-state index in [9.17, 15) is 4.39 Å². The van der Waals surface area contributed by atoms with Gasteiger partial charge < -0.3 is 20.1 Å². The minimum atomic E-state index is -0.335. The van der Waals surface area contributed by atoms with Gasteiger partial charge in [-0.3, -0.25) is 4.99 Å². The van der Waals surface area contributed by atoms with Crippen LogP contribution in [0.3, 0.4) is 0 Å². The second-order valence-corrected chi connectivity index (χ2v) is 6.94. The van der Waals surface area contributed by atoms with E-state index in [0.717, 1.165) is 11.1 Å². The number of nitrogens with zero attached hydrogens (tertiary/aromatic N) is 2. The van der Waals surface area contributed by atoms with Crippen LogP contribution in [-0.4, -0.2) is 31.7 Å². The van der Waals surface area contributed by atoms with Crippen molar-refractivity contribution in [3.8, 4) is 11.6 Å². The Morgan fingerprint density at radius 3 is 2.76 bits per heavy atom. The highest BCUT2D eigenvalue weighted by atomic mass is 127. The summed E-state index contributed by atoms with van der Waals surface area (Å²) >= 11 is 0. The van der Waals surface area contributed by atoms with Crippen LogP contribution in [0.25, 0.3) is 0 Å². The van der Waals surface area contributed by atoms with E-state index in [1.165, 1.54) is 18.9 Å². The third kappa shape index (κ3) is 7.02. The second-order valence-electron chi connectivity index (χ2n) is 6.94. The summed E-state index contributed by atoms with van der Waals surface area (Å²) in [4.78, 5) is 8.33. The number of hydrogen-bond donors (Lipinski definition) is 2. The van der Waals surface area contributed by atoms with Crippen molar-refractivity contribution in [3.05, 3.63) is 53.5 Å². The molecule has 0 saturated heterocycles. The van der Waals surface area contributed by atoms with Crippen LogP contribution in [0.2, 0.25) is 0 Å². The fourth-order valence-electron chi connectivity index (χ4n) is 2.74. The molecule has 1 atom stereocenters. The first-order chi connectivity index (χ1) is 13.6. The van der Waals surface area contributed by atoms with Gasteiger partial charge in [0.05, 0.1) is 19.8 Å². The molecular formula is C21H28FIN4O2. The number of aromatic nitrogens is 1.